The van der Waals surface area contributed by atoms with Gasteiger partial charge >= 0.3 is 5.97 Å². The Hall–Kier alpha value is -1.36. The van der Waals surface area contributed by atoms with Gasteiger partial charge in [0, 0.05) is 16.0 Å². The highest BCUT2D eigenvalue weighted by Gasteiger charge is 2.34. The molecule has 1 aromatic rings. The highest BCUT2D eigenvalue weighted by Crippen LogP contribution is 2.35. The first-order valence-corrected chi connectivity index (χ1v) is 7.51. The van der Waals surface area contributed by atoms with Gasteiger partial charge in [0.05, 0.1) is 12.5 Å². The normalized spacial score (nSPS) is 21.7. The maximum absolute atomic E-state index is 12.4. The summed E-state index contributed by atoms with van der Waals surface area (Å²) in [6.07, 6.45) is 1.67. The third-order valence-corrected chi connectivity index (χ3v) is 4.33. The van der Waals surface area contributed by atoms with Gasteiger partial charge in [-0.2, -0.15) is 0 Å². The van der Waals surface area contributed by atoms with E-state index in [-0.39, 0.29) is 17.6 Å². The van der Waals surface area contributed by atoms with Crippen LogP contribution in [0.4, 0.5) is 0 Å². The predicted molar refractivity (Wildman–Crippen MR) is 78.1 cm³/mol. The lowest BCUT2D eigenvalue weighted by molar-refractivity contribution is -0.141. The summed E-state index contributed by atoms with van der Waals surface area (Å²) >= 11 is 3.39. The van der Waals surface area contributed by atoms with E-state index in [9.17, 15) is 9.59 Å². The molecule has 0 amide bonds. The number of carbonyl (C=O) groups is 2. The minimum absolute atomic E-state index is 0.0173. The molecule has 0 heterocycles. The van der Waals surface area contributed by atoms with Gasteiger partial charge in [0.1, 0.15) is 5.75 Å². The number of rotatable bonds is 5. The molecule has 4 nitrogen and oxygen atoms in total. The van der Waals surface area contributed by atoms with Gasteiger partial charge in [0.2, 0.25) is 0 Å². The topological polar surface area (TPSA) is 63.6 Å². The van der Waals surface area contributed by atoms with Gasteiger partial charge in [-0.25, -0.2) is 0 Å². The van der Waals surface area contributed by atoms with Crippen molar-refractivity contribution in [2.75, 3.05) is 6.61 Å². The van der Waals surface area contributed by atoms with Crippen LogP contribution < -0.4 is 4.74 Å². The van der Waals surface area contributed by atoms with Crippen molar-refractivity contribution in [3.63, 3.8) is 0 Å². The lowest BCUT2D eigenvalue weighted by Crippen LogP contribution is -2.15. The average molecular weight is 341 g/mol. The Kier molecular flexibility index (Phi) is 4.81. The van der Waals surface area contributed by atoms with Crippen LogP contribution in [0.2, 0.25) is 0 Å². The molecule has 0 bridgehead atoms. The van der Waals surface area contributed by atoms with Crippen LogP contribution in [0.5, 0.6) is 5.75 Å². The van der Waals surface area contributed by atoms with E-state index in [1.54, 1.807) is 18.2 Å². The molecule has 20 heavy (non-hydrogen) atoms. The molecule has 0 aliphatic heterocycles. The zero-order valence-electron chi connectivity index (χ0n) is 11.3. The minimum atomic E-state index is -0.800. The number of carbonyl (C=O) groups excluding carboxylic acids is 1. The first kappa shape index (κ1) is 15.0. The maximum atomic E-state index is 12.4. The Labute approximate surface area is 126 Å². The fourth-order valence-corrected chi connectivity index (χ4v) is 3.17. The van der Waals surface area contributed by atoms with Gasteiger partial charge in [-0.15, -0.1) is 0 Å². The molecule has 0 spiro atoms. The second-order valence-electron chi connectivity index (χ2n) is 4.98. The SMILES string of the molecule is CCOc1ccc(C(=O)C2CCC(C(=O)O)C2)c(Br)c1. The summed E-state index contributed by atoms with van der Waals surface area (Å²) in [4.78, 5) is 23.4. The molecule has 0 saturated heterocycles. The van der Waals surface area contributed by atoms with Gasteiger partial charge < -0.3 is 9.84 Å². The summed E-state index contributed by atoms with van der Waals surface area (Å²) in [5, 5.41) is 9.00. The summed E-state index contributed by atoms with van der Waals surface area (Å²) < 4.78 is 6.08. The molecule has 1 aliphatic carbocycles. The number of halogens is 1. The number of carboxylic acid groups (broad SMARTS) is 1. The molecule has 1 N–H and O–H groups in total. The molecule has 1 fully saturated rings. The lowest BCUT2D eigenvalue weighted by Gasteiger charge is -2.11. The second-order valence-corrected chi connectivity index (χ2v) is 5.84. The molecular weight excluding hydrogens is 324 g/mol. The van der Waals surface area contributed by atoms with Crippen molar-refractivity contribution >= 4 is 27.7 Å². The molecule has 1 aromatic carbocycles. The van der Waals surface area contributed by atoms with Crippen molar-refractivity contribution in [1.29, 1.82) is 0 Å². The summed E-state index contributed by atoms with van der Waals surface area (Å²) in [5.41, 5.74) is 0.601. The minimum Gasteiger partial charge on any atom is -0.494 e. The Morgan fingerprint density at radius 1 is 1.35 bits per heavy atom. The smallest absolute Gasteiger partial charge is 0.306 e. The maximum Gasteiger partial charge on any atom is 0.306 e. The summed E-state index contributed by atoms with van der Waals surface area (Å²) in [5.74, 6) is -0.642. The molecule has 5 heteroatoms. The number of hydrogen-bond donors (Lipinski definition) is 1. The van der Waals surface area contributed by atoms with E-state index in [0.29, 0.717) is 41.7 Å². The molecule has 108 valence electrons. The zero-order valence-corrected chi connectivity index (χ0v) is 12.9. The van der Waals surface area contributed by atoms with E-state index >= 15 is 0 Å². The monoisotopic (exact) mass is 340 g/mol. The van der Waals surface area contributed by atoms with Gasteiger partial charge in [-0.1, -0.05) is 0 Å². The van der Waals surface area contributed by atoms with Gasteiger partial charge in [-0.3, -0.25) is 9.59 Å². The van der Waals surface area contributed by atoms with Crippen molar-refractivity contribution in [3.05, 3.63) is 28.2 Å². The van der Waals surface area contributed by atoms with E-state index in [1.807, 2.05) is 6.92 Å². The standard InChI is InChI=1S/C15H17BrO4/c1-2-20-11-5-6-12(13(16)8-11)14(17)9-3-4-10(7-9)15(18)19/h5-6,8-10H,2-4,7H2,1H3,(H,18,19). The number of hydrogen-bond acceptors (Lipinski definition) is 3. The lowest BCUT2D eigenvalue weighted by atomic mass is 9.95. The molecule has 1 saturated carbocycles. The molecule has 2 atom stereocenters. The van der Waals surface area contributed by atoms with Gasteiger partial charge in [0.25, 0.3) is 0 Å². The van der Waals surface area contributed by atoms with Crippen LogP contribution in [0.1, 0.15) is 36.5 Å². The third-order valence-electron chi connectivity index (χ3n) is 3.67. The van der Waals surface area contributed by atoms with Crippen molar-refractivity contribution in [3.8, 4) is 5.75 Å². The number of ketones is 1. The fraction of sp³-hybridized carbons (Fsp3) is 0.467. The van der Waals surface area contributed by atoms with Crippen LogP contribution in [0.3, 0.4) is 0 Å². The van der Waals surface area contributed by atoms with E-state index in [4.69, 9.17) is 9.84 Å². The molecule has 2 unspecified atom stereocenters. The number of aliphatic carboxylic acids is 1. The average Bonchev–Trinajstić information content (AvgIpc) is 2.88. The molecular formula is C15H17BrO4. The van der Waals surface area contributed by atoms with Crippen LogP contribution in [-0.4, -0.2) is 23.5 Å². The summed E-state index contributed by atoms with van der Waals surface area (Å²) in [7, 11) is 0. The van der Waals surface area contributed by atoms with Gasteiger partial charge in [-0.05, 0) is 60.3 Å². The van der Waals surface area contributed by atoms with Crippen molar-refractivity contribution in [2.45, 2.75) is 26.2 Å². The van der Waals surface area contributed by atoms with E-state index < -0.39 is 5.97 Å². The first-order chi connectivity index (χ1) is 9.52. The number of ether oxygens (including phenoxy) is 1. The third kappa shape index (κ3) is 3.20. The van der Waals surface area contributed by atoms with E-state index in [1.165, 1.54) is 0 Å². The van der Waals surface area contributed by atoms with Crippen molar-refractivity contribution in [1.82, 2.24) is 0 Å². The Morgan fingerprint density at radius 3 is 2.60 bits per heavy atom. The van der Waals surface area contributed by atoms with Crippen molar-refractivity contribution < 1.29 is 19.4 Å². The Bertz CT molecular complexity index is 527. The number of Topliss-reactive ketones (excluding diaryl/α,β-unsaturated/α-hetero) is 1. The zero-order chi connectivity index (χ0) is 14.7. The van der Waals surface area contributed by atoms with Crippen LogP contribution in [0.15, 0.2) is 22.7 Å². The predicted octanol–water partition coefficient (Wildman–Crippen LogP) is 3.53. The largest absolute Gasteiger partial charge is 0.494 e. The summed E-state index contributed by atoms with van der Waals surface area (Å²) in [6, 6.07) is 5.29. The van der Waals surface area contributed by atoms with Crippen LogP contribution in [-0.2, 0) is 4.79 Å². The highest BCUT2D eigenvalue weighted by molar-refractivity contribution is 9.10. The molecule has 1 aliphatic rings. The molecule has 0 radical (unpaired) electrons. The number of benzene rings is 1. The summed E-state index contributed by atoms with van der Waals surface area (Å²) in [6.45, 7) is 2.47. The highest BCUT2D eigenvalue weighted by atomic mass is 79.9. The molecule has 0 aromatic heterocycles. The van der Waals surface area contributed by atoms with Crippen molar-refractivity contribution in [2.24, 2.45) is 11.8 Å². The number of carboxylic acids is 1. The second kappa shape index (κ2) is 6.39. The van der Waals surface area contributed by atoms with Crippen LogP contribution >= 0.6 is 15.9 Å². The fourth-order valence-electron chi connectivity index (χ4n) is 2.62. The van der Waals surface area contributed by atoms with E-state index in [0.717, 1.165) is 0 Å². The first-order valence-electron chi connectivity index (χ1n) is 6.72. The van der Waals surface area contributed by atoms with Gasteiger partial charge in [0.15, 0.2) is 5.78 Å². The molecule has 2 rings (SSSR count). The Morgan fingerprint density at radius 2 is 2.05 bits per heavy atom. The quantitative estimate of drug-likeness (QED) is 0.832. The van der Waals surface area contributed by atoms with E-state index in [2.05, 4.69) is 15.9 Å². The van der Waals surface area contributed by atoms with Crippen LogP contribution in [0, 0.1) is 11.8 Å². The Balaban J connectivity index is 2.12. The van der Waals surface area contributed by atoms with Crippen LogP contribution in [0.25, 0.3) is 0 Å².